The van der Waals surface area contributed by atoms with E-state index < -0.39 is 5.97 Å². The maximum Gasteiger partial charge on any atom is 0.306 e. The zero-order valence-corrected chi connectivity index (χ0v) is 7.78. The SMILES string of the molecule is CN=C/C(N)=C(\C)OCCC(=O)O. The number of hydrogen-bond donors (Lipinski definition) is 2. The zero-order chi connectivity index (χ0) is 10.3. The average Bonchev–Trinajstić information content (AvgIpc) is 2.04. The van der Waals surface area contributed by atoms with Crippen molar-refractivity contribution in [1.82, 2.24) is 0 Å². The molecule has 0 spiro atoms. The van der Waals surface area contributed by atoms with E-state index in [1.165, 1.54) is 6.21 Å². The van der Waals surface area contributed by atoms with Gasteiger partial charge in [-0.05, 0) is 6.92 Å². The molecule has 0 unspecified atom stereocenters. The highest BCUT2D eigenvalue weighted by atomic mass is 16.5. The van der Waals surface area contributed by atoms with E-state index in [9.17, 15) is 4.79 Å². The van der Waals surface area contributed by atoms with E-state index in [0.717, 1.165) is 0 Å². The minimum Gasteiger partial charge on any atom is -0.495 e. The van der Waals surface area contributed by atoms with Crippen LogP contribution in [0.15, 0.2) is 16.4 Å². The summed E-state index contributed by atoms with van der Waals surface area (Å²) in [7, 11) is 1.59. The number of carbonyl (C=O) groups is 1. The van der Waals surface area contributed by atoms with Crippen LogP contribution in [0, 0.1) is 0 Å². The first kappa shape index (κ1) is 11.5. The Morgan fingerprint density at radius 2 is 2.31 bits per heavy atom. The Labute approximate surface area is 76.9 Å². The molecule has 0 aromatic carbocycles. The molecule has 5 heteroatoms. The number of nitrogens with two attached hydrogens (primary N) is 1. The molecule has 0 aliphatic heterocycles. The first-order chi connectivity index (χ1) is 6.07. The Morgan fingerprint density at radius 3 is 2.77 bits per heavy atom. The van der Waals surface area contributed by atoms with Gasteiger partial charge in [-0.25, -0.2) is 0 Å². The summed E-state index contributed by atoms with van der Waals surface area (Å²) in [6.07, 6.45) is 1.42. The van der Waals surface area contributed by atoms with E-state index in [1.807, 2.05) is 0 Å². The van der Waals surface area contributed by atoms with E-state index >= 15 is 0 Å². The quantitative estimate of drug-likeness (QED) is 0.479. The second-order valence-corrected chi connectivity index (χ2v) is 2.39. The van der Waals surface area contributed by atoms with E-state index in [-0.39, 0.29) is 13.0 Å². The lowest BCUT2D eigenvalue weighted by molar-refractivity contribution is -0.137. The predicted octanol–water partition coefficient (Wildman–Crippen LogP) is 0.369. The maximum absolute atomic E-state index is 10.1. The van der Waals surface area contributed by atoms with Gasteiger partial charge in [-0.2, -0.15) is 0 Å². The van der Waals surface area contributed by atoms with Crippen molar-refractivity contribution in [3.63, 3.8) is 0 Å². The molecule has 0 radical (unpaired) electrons. The van der Waals surface area contributed by atoms with Crippen LogP contribution in [0.1, 0.15) is 13.3 Å². The first-order valence-electron chi connectivity index (χ1n) is 3.81. The van der Waals surface area contributed by atoms with Gasteiger partial charge in [0.2, 0.25) is 0 Å². The van der Waals surface area contributed by atoms with E-state index in [0.29, 0.717) is 11.5 Å². The molecule has 0 aromatic heterocycles. The van der Waals surface area contributed by atoms with Gasteiger partial charge in [-0.1, -0.05) is 0 Å². The van der Waals surface area contributed by atoms with Crippen LogP contribution in [0.25, 0.3) is 0 Å². The number of aliphatic imine (C=N–C) groups is 1. The minimum absolute atomic E-state index is 0.0338. The Kier molecular flexibility index (Phi) is 5.34. The summed E-state index contributed by atoms with van der Waals surface area (Å²) >= 11 is 0. The third-order valence-corrected chi connectivity index (χ3v) is 1.31. The maximum atomic E-state index is 10.1. The van der Waals surface area contributed by atoms with Crippen LogP contribution in [0.2, 0.25) is 0 Å². The summed E-state index contributed by atoms with van der Waals surface area (Å²) in [5.74, 6) is -0.401. The average molecular weight is 186 g/mol. The summed E-state index contributed by atoms with van der Waals surface area (Å²) < 4.78 is 5.05. The highest BCUT2D eigenvalue weighted by molar-refractivity contribution is 5.77. The monoisotopic (exact) mass is 186 g/mol. The number of ether oxygens (including phenoxy) is 1. The minimum atomic E-state index is -0.893. The molecule has 0 fully saturated rings. The largest absolute Gasteiger partial charge is 0.495 e. The third kappa shape index (κ3) is 5.72. The smallest absolute Gasteiger partial charge is 0.306 e. The van der Waals surface area contributed by atoms with Gasteiger partial charge in [0.25, 0.3) is 0 Å². The van der Waals surface area contributed by atoms with E-state index in [2.05, 4.69) is 4.99 Å². The molecule has 0 rings (SSSR count). The number of aliphatic carboxylic acids is 1. The number of rotatable bonds is 5. The lowest BCUT2D eigenvalue weighted by Crippen LogP contribution is -2.07. The predicted molar refractivity (Wildman–Crippen MR) is 49.5 cm³/mol. The number of carboxylic acids is 1. The molecular weight excluding hydrogens is 172 g/mol. The highest BCUT2D eigenvalue weighted by Crippen LogP contribution is 1.99. The number of nitrogens with zero attached hydrogens (tertiary/aromatic N) is 1. The molecule has 0 aliphatic carbocycles. The van der Waals surface area contributed by atoms with Crippen LogP contribution in [0.3, 0.4) is 0 Å². The molecule has 0 heterocycles. The number of carboxylic acid groups (broad SMARTS) is 1. The van der Waals surface area contributed by atoms with Crippen molar-refractivity contribution in [1.29, 1.82) is 0 Å². The van der Waals surface area contributed by atoms with Crippen LogP contribution in [0.5, 0.6) is 0 Å². The van der Waals surface area contributed by atoms with E-state index in [4.69, 9.17) is 15.6 Å². The topological polar surface area (TPSA) is 84.9 Å². The van der Waals surface area contributed by atoms with E-state index in [1.54, 1.807) is 14.0 Å². The van der Waals surface area contributed by atoms with Crippen LogP contribution in [0.4, 0.5) is 0 Å². The lowest BCUT2D eigenvalue weighted by Gasteiger charge is -2.05. The van der Waals surface area contributed by atoms with Gasteiger partial charge < -0.3 is 15.6 Å². The first-order valence-corrected chi connectivity index (χ1v) is 3.81. The fourth-order valence-corrected chi connectivity index (χ4v) is 0.605. The van der Waals surface area contributed by atoms with Gasteiger partial charge >= 0.3 is 5.97 Å². The fraction of sp³-hybridized carbons (Fsp3) is 0.500. The van der Waals surface area contributed by atoms with Crippen molar-refractivity contribution < 1.29 is 14.6 Å². The molecule has 74 valence electrons. The molecule has 0 saturated carbocycles. The summed E-state index contributed by atoms with van der Waals surface area (Å²) in [4.78, 5) is 13.8. The van der Waals surface area contributed by atoms with Crippen LogP contribution >= 0.6 is 0 Å². The second-order valence-electron chi connectivity index (χ2n) is 2.39. The van der Waals surface area contributed by atoms with Crippen molar-refractivity contribution in [3.8, 4) is 0 Å². The van der Waals surface area contributed by atoms with Crippen molar-refractivity contribution in [2.75, 3.05) is 13.7 Å². The normalized spacial score (nSPS) is 12.8. The van der Waals surface area contributed by atoms with Crippen molar-refractivity contribution >= 4 is 12.2 Å². The van der Waals surface area contributed by atoms with Gasteiger partial charge in [0, 0.05) is 13.3 Å². The van der Waals surface area contributed by atoms with Crippen LogP contribution in [-0.4, -0.2) is 30.9 Å². The van der Waals surface area contributed by atoms with Crippen LogP contribution < -0.4 is 5.73 Å². The summed E-state index contributed by atoms with van der Waals surface area (Å²) in [6, 6.07) is 0. The molecular formula is C8H14N2O3. The third-order valence-electron chi connectivity index (χ3n) is 1.31. The molecule has 0 aromatic rings. The van der Waals surface area contributed by atoms with Crippen molar-refractivity contribution in [2.45, 2.75) is 13.3 Å². The van der Waals surface area contributed by atoms with Crippen LogP contribution in [-0.2, 0) is 9.53 Å². The van der Waals surface area contributed by atoms with Gasteiger partial charge in [0.15, 0.2) is 0 Å². The molecule has 13 heavy (non-hydrogen) atoms. The summed E-state index contributed by atoms with van der Waals surface area (Å²) in [5.41, 5.74) is 5.91. The second kappa shape index (κ2) is 6.05. The van der Waals surface area contributed by atoms with Gasteiger partial charge in [0.05, 0.1) is 18.7 Å². The molecule has 5 nitrogen and oxygen atoms in total. The molecule has 0 bridgehead atoms. The molecule has 3 N–H and O–H groups in total. The fourth-order valence-electron chi connectivity index (χ4n) is 0.605. The Bertz CT molecular complexity index is 234. The molecule has 0 amide bonds. The molecule has 0 saturated heterocycles. The lowest BCUT2D eigenvalue weighted by atomic mass is 10.4. The Morgan fingerprint density at radius 1 is 1.69 bits per heavy atom. The number of allylic oxidation sites excluding steroid dienone is 2. The van der Waals surface area contributed by atoms with Crippen molar-refractivity contribution in [2.24, 2.45) is 10.7 Å². The Balaban J connectivity index is 3.91. The summed E-state index contributed by atoms with van der Waals surface area (Å²) in [5, 5.41) is 8.31. The standard InChI is InChI=1S/C8H14N2O3/c1-6(7(9)5-10-2)13-4-3-8(11)12/h5H,3-4,9H2,1-2H3,(H,11,12)/b7-6-,10-5?. The van der Waals surface area contributed by atoms with Crippen molar-refractivity contribution in [3.05, 3.63) is 11.5 Å². The van der Waals surface area contributed by atoms with Gasteiger partial charge in [0.1, 0.15) is 5.76 Å². The highest BCUT2D eigenvalue weighted by Gasteiger charge is 1.99. The Hall–Kier alpha value is -1.52. The van der Waals surface area contributed by atoms with Gasteiger partial charge in [-0.15, -0.1) is 0 Å². The molecule has 0 atom stereocenters. The number of hydrogen-bond acceptors (Lipinski definition) is 4. The molecule has 0 aliphatic rings. The summed E-state index contributed by atoms with van der Waals surface area (Å²) in [6.45, 7) is 1.79. The zero-order valence-electron chi connectivity index (χ0n) is 7.78. The van der Waals surface area contributed by atoms with Gasteiger partial charge in [-0.3, -0.25) is 9.79 Å².